The molecule has 224 valence electrons. The van der Waals surface area contributed by atoms with E-state index in [4.69, 9.17) is 0 Å². The molecule has 2 saturated heterocycles. The summed E-state index contributed by atoms with van der Waals surface area (Å²) in [5, 5.41) is 12.6. The Balaban J connectivity index is 1.29. The minimum absolute atomic E-state index is 0.102. The van der Waals surface area contributed by atoms with Gasteiger partial charge in [-0.05, 0) is 78.7 Å². The predicted molar refractivity (Wildman–Crippen MR) is 164 cm³/mol. The molecule has 2 aliphatic heterocycles. The number of nitrogens with zero attached hydrogens (tertiary/aromatic N) is 5. The van der Waals surface area contributed by atoms with Gasteiger partial charge in [-0.2, -0.15) is 9.57 Å². The van der Waals surface area contributed by atoms with Crippen LogP contribution in [-0.2, 0) is 20.4 Å². The van der Waals surface area contributed by atoms with Gasteiger partial charge in [0.05, 0.1) is 16.5 Å². The van der Waals surface area contributed by atoms with Gasteiger partial charge in [0.2, 0.25) is 10.0 Å². The topological polar surface area (TPSA) is 136 Å². The van der Waals surface area contributed by atoms with E-state index in [1.807, 2.05) is 13.0 Å². The molecule has 1 saturated carbocycles. The van der Waals surface area contributed by atoms with E-state index in [0.717, 1.165) is 5.69 Å². The second-order valence-electron chi connectivity index (χ2n) is 11.5. The molecule has 1 N–H and O–H groups in total. The summed E-state index contributed by atoms with van der Waals surface area (Å²) in [5.74, 6) is -0.479. The molecule has 0 radical (unpaired) electrons. The van der Waals surface area contributed by atoms with Crippen LogP contribution < -0.4 is 5.32 Å². The first-order valence-corrected chi connectivity index (χ1v) is 15.9. The highest BCUT2D eigenvalue weighted by Gasteiger charge is 2.66. The number of hydrogen-bond acceptors (Lipinski definition) is 8. The van der Waals surface area contributed by atoms with E-state index in [1.165, 1.54) is 10.4 Å². The molecule has 7 rings (SSSR count). The van der Waals surface area contributed by atoms with Crippen LogP contribution in [0, 0.1) is 30.1 Å². The molecule has 2 aromatic carbocycles. The number of aryl methyl sites for hydroxylation is 1. The first kappa shape index (κ1) is 28.6. The van der Waals surface area contributed by atoms with Crippen molar-refractivity contribution in [2.75, 3.05) is 13.1 Å². The Kier molecular flexibility index (Phi) is 6.84. The normalized spacial score (nSPS) is 25.1. The second-order valence-corrected chi connectivity index (χ2v) is 13.4. The maximum Gasteiger partial charge on any atom is 0.263 e. The lowest BCUT2D eigenvalue weighted by Gasteiger charge is -2.29. The van der Waals surface area contributed by atoms with Crippen molar-refractivity contribution >= 4 is 21.7 Å². The van der Waals surface area contributed by atoms with E-state index in [2.05, 4.69) is 21.4 Å². The summed E-state index contributed by atoms with van der Waals surface area (Å²) in [6.45, 7) is 2.38. The summed E-state index contributed by atoms with van der Waals surface area (Å²) in [4.78, 5) is 38.8. The smallest absolute Gasteiger partial charge is 0.263 e. The van der Waals surface area contributed by atoms with Crippen molar-refractivity contribution in [3.8, 4) is 6.07 Å². The molecule has 4 atom stereocenters. The molecular formula is C34H28N6O4S. The molecular weight excluding hydrogens is 588 g/mol. The van der Waals surface area contributed by atoms with Crippen molar-refractivity contribution in [3.63, 3.8) is 0 Å². The van der Waals surface area contributed by atoms with Gasteiger partial charge >= 0.3 is 0 Å². The highest BCUT2D eigenvalue weighted by atomic mass is 32.2. The van der Waals surface area contributed by atoms with Crippen LogP contribution in [0.4, 0.5) is 0 Å². The summed E-state index contributed by atoms with van der Waals surface area (Å²) in [6, 6.07) is 23.6. The van der Waals surface area contributed by atoms with E-state index < -0.39 is 15.6 Å². The maximum atomic E-state index is 14.9. The van der Waals surface area contributed by atoms with Gasteiger partial charge in [0, 0.05) is 66.9 Å². The van der Waals surface area contributed by atoms with Crippen LogP contribution in [0.5, 0.6) is 0 Å². The van der Waals surface area contributed by atoms with Gasteiger partial charge in [0.1, 0.15) is 5.82 Å². The number of carbonyl (C=O) groups excluding carboxylic acids is 2. The number of nitrogens with one attached hydrogen (secondary N) is 1. The maximum absolute atomic E-state index is 14.9. The first-order valence-electron chi connectivity index (χ1n) is 14.5. The third-order valence-electron chi connectivity index (χ3n) is 8.92. The van der Waals surface area contributed by atoms with Crippen LogP contribution in [-0.4, -0.2) is 58.4 Å². The fourth-order valence-corrected chi connectivity index (χ4v) is 8.17. The molecule has 0 bridgehead atoms. The third-order valence-corrected chi connectivity index (χ3v) is 10.8. The van der Waals surface area contributed by atoms with Crippen LogP contribution in [0.15, 0.2) is 114 Å². The van der Waals surface area contributed by atoms with Gasteiger partial charge in [0.25, 0.3) is 5.91 Å². The number of allylic oxidation sites excluding steroid dienone is 1. The lowest BCUT2D eigenvalue weighted by Crippen LogP contribution is -2.46. The molecule has 4 heterocycles. The van der Waals surface area contributed by atoms with Crippen molar-refractivity contribution < 1.29 is 18.0 Å². The molecule has 2 aromatic heterocycles. The standard InChI is InChI=1S/C34H28N6O4S/c1-22-17-26(13-16-37-22)34(25-11-14-36-15-12-25)33(42)40(31(38-34)18-30(41)24-9-7-23(19-35)8-10-24)32-28-20-39(21-29(28)32)45(43,44)27-5-3-2-4-6-27/h2-18,28-29,32,38H,20-21H2,1H3/t28-,29+,32-,34?. The summed E-state index contributed by atoms with van der Waals surface area (Å²) in [7, 11) is -3.68. The Morgan fingerprint density at radius 2 is 1.64 bits per heavy atom. The summed E-state index contributed by atoms with van der Waals surface area (Å²) in [6.07, 6.45) is 6.30. The van der Waals surface area contributed by atoms with Crippen molar-refractivity contribution in [1.29, 1.82) is 5.26 Å². The number of sulfonamides is 1. The lowest BCUT2D eigenvalue weighted by molar-refractivity contribution is -0.131. The van der Waals surface area contributed by atoms with Crippen LogP contribution in [0.25, 0.3) is 0 Å². The number of pyridine rings is 2. The van der Waals surface area contributed by atoms with E-state index in [0.29, 0.717) is 28.1 Å². The molecule has 45 heavy (non-hydrogen) atoms. The lowest BCUT2D eigenvalue weighted by atomic mass is 9.83. The monoisotopic (exact) mass is 616 g/mol. The summed E-state index contributed by atoms with van der Waals surface area (Å²) in [5.41, 5.74) is 1.45. The molecule has 1 aliphatic carbocycles. The number of ketones is 1. The molecule has 0 spiro atoms. The van der Waals surface area contributed by atoms with E-state index >= 15 is 0 Å². The molecule has 1 amide bonds. The van der Waals surface area contributed by atoms with Crippen LogP contribution in [0.2, 0.25) is 0 Å². The Morgan fingerprint density at radius 3 is 2.29 bits per heavy atom. The zero-order valence-corrected chi connectivity index (χ0v) is 25.1. The molecule has 11 heteroatoms. The van der Waals surface area contributed by atoms with Gasteiger partial charge in [-0.25, -0.2) is 8.42 Å². The molecule has 10 nitrogen and oxygen atoms in total. The molecule has 3 fully saturated rings. The molecule has 3 aliphatic rings. The number of rotatable bonds is 7. The van der Waals surface area contributed by atoms with Gasteiger partial charge in [-0.1, -0.05) is 18.2 Å². The number of amides is 1. The van der Waals surface area contributed by atoms with E-state index in [1.54, 1.807) is 96.3 Å². The summed E-state index contributed by atoms with van der Waals surface area (Å²) >= 11 is 0. The van der Waals surface area contributed by atoms with Gasteiger partial charge in [-0.3, -0.25) is 24.5 Å². The Morgan fingerprint density at radius 1 is 0.978 bits per heavy atom. The highest BCUT2D eigenvalue weighted by Crippen LogP contribution is 2.54. The zero-order chi connectivity index (χ0) is 31.3. The van der Waals surface area contributed by atoms with Crippen molar-refractivity contribution in [2.45, 2.75) is 23.4 Å². The minimum atomic E-state index is -3.68. The number of fused-ring (bicyclic) bond motifs is 1. The first-order chi connectivity index (χ1) is 21.7. The van der Waals surface area contributed by atoms with Crippen molar-refractivity contribution in [1.82, 2.24) is 24.5 Å². The average molecular weight is 617 g/mol. The van der Waals surface area contributed by atoms with E-state index in [9.17, 15) is 23.3 Å². The van der Waals surface area contributed by atoms with Gasteiger partial charge < -0.3 is 5.32 Å². The van der Waals surface area contributed by atoms with Crippen LogP contribution in [0.1, 0.15) is 32.7 Å². The molecule has 4 aromatic rings. The second kappa shape index (κ2) is 10.8. The van der Waals surface area contributed by atoms with Crippen LogP contribution in [0.3, 0.4) is 0 Å². The zero-order valence-electron chi connectivity index (χ0n) is 24.2. The quantitative estimate of drug-likeness (QED) is 0.247. The summed E-state index contributed by atoms with van der Waals surface area (Å²) < 4.78 is 28.2. The van der Waals surface area contributed by atoms with E-state index in [-0.39, 0.29) is 47.6 Å². The molecule has 1 unspecified atom stereocenters. The Labute approximate surface area is 260 Å². The van der Waals surface area contributed by atoms with Crippen molar-refractivity contribution in [2.24, 2.45) is 11.8 Å². The number of aromatic nitrogens is 2. The predicted octanol–water partition coefficient (Wildman–Crippen LogP) is 3.38. The minimum Gasteiger partial charge on any atom is -0.350 e. The fourth-order valence-electron chi connectivity index (χ4n) is 6.63. The number of hydrogen-bond donors (Lipinski definition) is 1. The average Bonchev–Trinajstić information content (AvgIpc) is 3.38. The largest absolute Gasteiger partial charge is 0.350 e. The highest BCUT2D eigenvalue weighted by molar-refractivity contribution is 7.89. The van der Waals surface area contributed by atoms with Gasteiger partial charge in [-0.15, -0.1) is 0 Å². The van der Waals surface area contributed by atoms with Crippen molar-refractivity contribution in [3.05, 3.63) is 137 Å². The fraction of sp³-hybridized carbons (Fsp3) is 0.206. The SMILES string of the molecule is Cc1cc(C2(c3ccncc3)NC(=CC(=O)c3ccc(C#N)cc3)N([C@@H]3[C@@H]4CN(S(=O)(=O)c5ccccc5)C[C@@H]43)C2=O)ccn1. The third kappa shape index (κ3) is 4.70. The number of nitriles is 1. The number of carbonyl (C=O) groups is 2. The Bertz CT molecular complexity index is 1980. The van der Waals surface area contributed by atoms with Gasteiger partial charge in [0.15, 0.2) is 11.3 Å². The number of piperidine rings is 1. The Hall–Kier alpha value is -5.18. The van der Waals surface area contributed by atoms with Crippen LogP contribution >= 0.6 is 0 Å². The number of benzene rings is 2.